The molecule has 2 saturated heterocycles. The number of piperidine rings is 1. The number of aryl methyl sites for hydroxylation is 1. The van der Waals surface area contributed by atoms with E-state index in [0.29, 0.717) is 60.9 Å². The van der Waals surface area contributed by atoms with Gasteiger partial charge in [0.25, 0.3) is 0 Å². The molecule has 4 heterocycles. The van der Waals surface area contributed by atoms with Crippen molar-refractivity contribution < 1.29 is 37.0 Å². The SMILES string of the molecule is CCOC(=O)c1ccc(-c2ccc(-n3ccc(C)n3)c([C@@H](Oc3cc(N4CCC5(CC4)CN[C@H](C(=O)OCC)C5)nc(N)n3)C(F)(F)F)c2)cc1. The molecular weight excluding hydrogens is 667 g/mol. The molecule has 0 radical (unpaired) electrons. The van der Waals surface area contributed by atoms with Crippen LogP contribution in [0.5, 0.6) is 5.88 Å². The molecule has 6 rings (SSSR count). The Morgan fingerprint density at radius 1 is 1.00 bits per heavy atom. The lowest BCUT2D eigenvalue weighted by molar-refractivity contribution is -0.198. The van der Waals surface area contributed by atoms with Crippen molar-refractivity contribution in [3.8, 4) is 22.7 Å². The summed E-state index contributed by atoms with van der Waals surface area (Å²) in [5.41, 5.74) is 7.87. The minimum absolute atomic E-state index is 0.0986. The first-order valence-electron chi connectivity index (χ1n) is 16.8. The van der Waals surface area contributed by atoms with Crippen molar-refractivity contribution in [2.24, 2.45) is 5.41 Å². The third kappa shape index (κ3) is 7.93. The molecule has 4 aromatic rings. The molecule has 0 aliphatic carbocycles. The van der Waals surface area contributed by atoms with E-state index >= 15 is 13.2 Å². The van der Waals surface area contributed by atoms with Crippen LogP contribution < -0.4 is 20.7 Å². The fraction of sp³-hybridized carbons (Fsp3) is 0.417. The normalized spacial score (nSPS) is 17.7. The average molecular weight is 708 g/mol. The topological polar surface area (TPSA) is 147 Å². The van der Waals surface area contributed by atoms with E-state index in [0.717, 1.165) is 12.8 Å². The summed E-state index contributed by atoms with van der Waals surface area (Å²) in [5.74, 6) is -0.974. The number of nitrogens with zero attached hydrogens (tertiary/aromatic N) is 5. The number of nitrogen functional groups attached to an aromatic ring is 1. The maximum atomic E-state index is 15.1. The molecule has 15 heteroatoms. The van der Waals surface area contributed by atoms with Crippen LogP contribution in [0, 0.1) is 12.3 Å². The van der Waals surface area contributed by atoms with Gasteiger partial charge in [0.05, 0.1) is 30.2 Å². The van der Waals surface area contributed by atoms with Crippen LogP contribution in [-0.4, -0.2) is 76.8 Å². The number of halogens is 3. The Morgan fingerprint density at radius 3 is 2.35 bits per heavy atom. The van der Waals surface area contributed by atoms with Gasteiger partial charge in [-0.15, -0.1) is 0 Å². The molecule has 2 aliphatic heterocycles. The molecule has 0 unspecified atom stereocenters. The number of aromatic nitrogens is 4. The molecule has 2 aromatic carbocycles. The van der Waals surface area contributed by atoms with E-state index < -0.39 is 18.2 Å². The van der Waals surface area contributed by atoms with E-state index in [2.05, 4.69) is 20.4 Å². The van der Waals surface area contributed by atoms with Crippen LogP contribution in [0.3, 0.4) is 0 Å². The van der Waals surface area contributed by atoms with Crippen LogP contribution in [0.1, 0.15) is 60.8 Å². The molecular formula is C36H40F3N7O5. The van der Waals surface area contributed by atoms with E-state index in [1.54, 1.807) is 69.4 Å². The Bertz CT molecular complexity index is 1870. The second kappa shape index (κ2) is 14.6. The summed E-state index contributed by atoms with van der Waals surface area (Å²) in [4.78, 5) is 34.8. The Kier molecular flexibility index (Phi) is 10.2. The zero-order valence-electron chi connectivity index (χ0n) is 28.6. The number of ether oxygens (including phenoxy) is 3. The summed E-state index contributed by atoms with van der Waals surface area (Å²) < 4.78 is 62.6. The van der Waals surface area contributed by atoms with Crippen LogP contribution in [0.4, 0.5) is 24.9 Å². The molecule has 2 atom stereocenters. The number of carbonyl (C=O) groups excluding carboxylic acids is 2. The molecule has 0 amide bonds. The molecule has 1 spiro atoms. The predicted octanol–water partition coefficient (Wildman–Crippen LogP) is 5.59. The highest BCUT2D eigenvalue weighted by atomic mass is 19.4. The third-order valence-corrected chi connectivity index (χ3v) is 9.33. The van der Waals surface area contributed by atoms with Crippen LogP contribution in [-0.2, 0) is 14.3 Å². The highest BCUT2D eigenvalue weighted by Gasteiger charge is 2.46. The lowest BCUT2D eigenvalue weighted by atomic mass is 9.76. The van der Waals surface area contributed by atoms with Gasteiger partial charge in [0.2, 0.25) is 17.9 Å². The van der Waals surface area contributed by atoms with Crippen molar-refractivity contribution in [3.05, 3.63) is 77.6 Å². The smallest absolute Gasteiger partial charge is 0.429 e. The Balaban J connectivity index is 1.29. The third-order valence-electron chi connectivity index (χ3n) is 9.33. The van der Waals surface area contributed by atoms with Gasteiger partial charge < -0.3 is 30.2 Å². The van der Waals surface area contributed by atoms with Crippen LogP contribution in [0.25, 0.3) is 16.8 Å². The second-order valence-electron chi connectivity index (χ2n) is 12.8. The fourth-order valence-electron chi connectivity index (χ4n) is 6.71. The van der Waals surface area contributed by atoms with E-state index in [4.69, 9.17) is 19.9 Å². The molecule has 0 bridgehead atoms. The number of rotatable bonds is 10. The molecule has 3 N–H and O–H groups in total. The van der Waals surface area contributed by atoms with Crippen molar-refractivity contribution in [2.45, 2.75) is 58.4 Å². The van der Waals surface area contributed by atoms with Crippen molar-refractivity contribution in [3.63, 3.8) is 0 Å². The zero-order chi connectivity index (χ0) is 36.3. The van der Waals surface area contributed by atoms with Gasteiger partial charge in [0.15, 0.2) is 0 Å². The molecule has 12 nitrogen and oxygen atoms in total. The number of benzene rings is 2. The Labute approximate surface area is 293 Å². The number of hydrogen-bond acceptors (Lipinski definition) is 11. The van der Waals surface area contributed by atoms with Crippen LogP contribution >= 0.6 is 0 Å². The second-order valence-corrected chi connectivity index (χ2v) is 12.8. The van der Waals surface area contributed by atoms with Gasteiger partial charge in [-0.3, -0.25) is 4.79 Å². The number of carbonyl (C=O) groups is 2. The van der Waals surface area contributed by atoms with E-state index in [1.165, 1.54) is 16.8 Å². The minimum Gasteiger partial charge on any atom is -0.465 e. The lowest BCUT2D eigenvalue weighted by Gasteiger charge is -2.39. The maximum absolute atomic E-state index is 15.1. The quantitative estimate of drug-likeness (QED) is 0.199. The van der Waals surface area contributed by atoms with Gasteiger partial charge in [-0.2, -0.15) is 28.2 Å². The summed E-state index contributed by atoms with van der Waals surface area (Å²) in [6, 6.07) is 13.7. The zero-order valence-corrected chi connectivity index (χ0v) is 28.6. The van der Waals surface area contributed by atoms with Gasteiger partial charge in [-0.1, -0.05) is 18.2 Å². The van der Waals surface area contributed by atoms with E-state index in [1.807, 2.05) is 4.90 Å². The van der Waals surface area contributed by atoms with Gasteiger partial charge in [-0.05, 0) is 86.9 Å². The molecule has 270 valence electrons. The van der Waals surface area contributed by atoms with Gasteiger partial charge in [-0.25, -0.2) is 9.48 Å². The maximum Gasteiger partial charge on any atom is 0.429 e. The average Bonchev–Trinajstić information content (AvgIpc) is 3.73. The summed E-state index contributed by atoms with van der Waals surface area (Å²) in [7, 11) is 0. The molecule has 51 heavy (non-hydrogen) atoms. The number of anilines is 2. The summed E-state index contributed by atoms with van der Waals surface area (Å²) in [6.07, 6.45) is -3.64. The first-order valence-corrected chi connectivity index (χ1v) is 16.8. The summed E-state index contributed by atoms with van der Waals surface area (Å²) in [6.45, 7) is 7.52. The molecule has 2 fully saturated rings. The first kappa shape index (κ1) is 35.6. The van der Waals surface area contributed by atoms with Crippen molar-refractivity contribution in [1.29, 1.82) is 0 Å². The lowest BCUT2D eigenvalue weighted by Crippen LogP contribution is -2.41. The molecule has 2 aliphatic rings. The van der Waals surface area contributed by atoms with Crippen LogP contribution in [0.2, 0.25) is 0 Å². The molecule has 2 aromatic heterocycles. The highest BCUT2D eigenvalue weighted by Crippen LogP contribution is 2.43. The van der Waals surface area contributed by atoms with Crippen molar-refractivity contribution >= 4 is 23.7 Å². The first-order chi connectivity index (χ1) is 24.4. The number of esters is 2. The van der Waals surface area contributed by atoms with Gasteiger partial charge >= 0.3 is 18.1 Å². The standard InChI is InChI=1S/C36H40F3N7O5/c1-4-49-32(47)24-8-6-23(7-9-24)25-10-11-28(46-15-12-22(3)44-46)26(18-25)31(36(37,38)39)51-30-19-29(42-34(40)43-30)45-16-13-35(14-17-45)20-27(41-21-35)33(48)50-5-2/h6-12,15,18-19,27,31,41H,4-5,13-14,16-17,20-21H2,1-3H3,(H2,40,42,43)/t27-,31+/m0/s1. The van der Waals surface area contributed by atoms with Crippen molar-refractivity contribution in [2.75, 3.05) is 43.5 Å². The van der Waals surface area contributed by atoms with Crippen molar-refractivity contribution in [1.82, 2.24) is 25.1 Å². The number of nitrogens with one attached hydrogen (secondary N) is 1. The molecule has 0 saturated carbocycles. The van der Waals surface area contributed by atoms with E-state index in [-0.39, 0.29) is 47.1 Å². The van der Waals surface area contributed by atoms with Crippen LogP contribution in [0.15, 0.2) is 60.8 Å². The monoisotopic (exact) mass is 707 g/mol. The van der Waals surface area contributed by atoms with Gasteiger partial charge in [0, 0.05) is 37.5 Å². The largest absolute Gasteiger partial charge is 0.465 e. The number of nitrogens with two attached hydrogens (primary N) is 1. The minimum atomic E-state index is -4.88. The van der Waals surface area contributed by atoms with Gasteiger partial charge in [0.1, 0.15) is 11.9 Å². The number of hydrogen-bond donors (Lipinski definition) is 2. The predicted molar refractivity (Wildman–Crippen MR) is 182 cm³/mol. The number of alkyl halides is 3. The fourth-order valence-corrected chi connectivity index (χ4v) is 6.71. The Hall–Kier alpha value is -5.18. The highest BCUT2D eigenvalue weighted by molar-refractivity contribution is 5.90. The Morgan fingerprint density at radius 2 is 1.71 bits per heavy atom. The summed E-state index contributed by atoms with van der Waals surface area (Å²) in [5, 5.41) is 7.65. The summed E-state index contributed by atoms with van der Waals surface area (Å²) >= 11 is 0. The van der Waals surface area contributed by atoms with E-state index in [9.17, 15) is 9.59 Å².